The van der Waals surface area contributed by atoms with Crippen molar-refractivity contribution in [3.05, 3.63) is 53.5 Å². The van der Waals surface area contributed by atoms with Crippen LogP contribution in [0.5, 0.6) is 5.75 Å². The van der Waals surface area contributed by atoms with E-state index in [1.54, 1.807) is 4.90 Å². The molecule has 27 heavy (non-hydrogen) atoms. The maximum Gasteiger partial charge on any atom is 0.264 e. The standard InChI is InChI=1S/C19H20FN3O3S/c1-3-15(25-14-9-7-13(20)8-10-14)19(24)23(4-2)12-17-21-18(22-26-17)16-6-5-11-27-16/h5-11,15H,3-4,12H2,1-2H3. The van der Waals surface area contributed by atoms with E-state index in [0.29, 0.717) is 30.4 Å². The molecular weight excluding hydrogens is 369 g/mol. The van der Waals surface area contributed by atoms with Crippen LogP contribution in [0.15, 0.2) is 46.3 Å². The second-order valence-corrected chi connectivity index (χ2v) is 6.76. The Bertz CT molecular complexity index is 865. The molecule has 0 aliphatic heterocycles. The van der Waals surface area contributed by atoms with E-state index in [1.165, 1.54) is 35.6 Å². The summed E-state index contributed by atoms with van der Waals surface area (Å²) >= 11 is 1.52. The van der Waals surface area contributed by atoms with Crippen molar-refractivity contribution in [2.24, 2.45) is 0 Å². The fraction of sp³-hybridized carbons (Fsp3) is 0.316. The molecule has 0 saturated heterocycles. The number of aromatic nitrogens is 2. The Morgan fingerprint density at radius 3 is 2.70 bits per heavy atom. The Morgan fingerprint density at radius 2 is 2.07 bits per heavy atom. The van der Waals surface area contributed by atoms with Crippen LogP contribution in [0.1, 0.15) is 26.2 Å². The second kappa shape index (κ2) is 8.77. The zero-order valence-electron chi connectivity index (χ0n) is 15.1. The van der Waals surface area contributed by atoms with Gasteiger partial charge in [0.1, 0.15) is 18.1 Å². The minimum absolute atomic E-state index is 0.180. The number of halogens is 1. The van der Waals surface area contributed by atoms with Crippen LogP contribution >= 0.6 is 11.3 Å². The number of nitrogens with zero attached hydrogens (tertiary/aromatic N) is 3. The first-order chi connectivity index (χ1) is 13.1. The number of hydrogen-bond donors (Lipinski definition) is 0. The number of carbonyl (C=O) groups excluding carboxylic acids is 1. The minimum Gasteiger partial charge on any atom is -0.481 e. The molecule has 8 heteroatoms. The minimum atomic E-state index is -0.671. The highest BCUT2D eigenvalue weighted by molar-refractivity contribution is 7.13. The van der Waals surface area contributed by atoms with Crippen molar-refractivity contribution in [2.75, 3.05) is 6.54 Å². The van der Waals surface area contributed by atoms with Crippen LogP contribution in [-0.4, -0.2) is 33.6 Å². The lowest BCUT2D eigenvalue weighted by Gasteiger charge is -2.25. The molecule has 0 aliphatic rings. The van der Waals surface area contributed by atoms with Crippen molar-refractivity contribution in [1.29, 1.82) is 0 Å². The fourth-order valence-corrected chi connectivity index (χ4v) is 3.17. The number of benzene rings is 1. The van der Waals surface area contributed by atoms with Crippen LogP contribution in [0.4, 0.5) is 4.39 Å². The van der Waals surface area contributed by atoms with Gasteiger partial charge in [0.05, 0.1) is 4.88 Å². The first-order valence-electron chi connectivity index (χ1n) is 8.68. The first-order valence-corrected chi connectivity index (χ1v) is 9.56. The molecule has 0 aliphatic carbocycles. The van der Waals surface area contributed by atoms with Gasteiger partial charge in [-0.1, -0.05) is 18.1 Å². The Kier molecular flexibility index (Phi) is 6.18. The molecular formula is C19H20FN3O3S. The van der Waals surface area contributed by atoms with E-state index < -0.39 is 6.10 Å². The highest BCUT2D eigenvalue weighted by Gasteiger charge is 2.25. The van der Waals surface area contributed by atoms with Crippen molar-refractivity contribution >= 4 is 17.2 Å². The Hall–Kier alpha value is -2.74. The summed E-state index contributed by atoms with van der Waals surface area (Å²) in [5, 5.41) is 5.90. The zero-order valence-corrected chi connectivity index (χ0v) is 15.9. The molecule has 0 N–H and O–H groups in total. The van der Waals surface area contributed by atoms with Gasteiger partial charge in [0, 0.05) is 6.54 Å². The quantitative estimate of drug-likeness (QED) is 0.579. The summed E-state index contributed by atoms with van der Waals surface area (Å²) in [6.07, 6.45) is -0.188. The predicted octanol–water partition coefficient (Wildman–Crippen LogP) is 4.14. The van der Waals surface area contributed by atoms with Crippen LogP contribution in [0.2, 0.25) is 0 Å². The van der Waals surface area contributed by atoms with E-state index >= 15 is 0 Å². The summed E-state index contributed by atoms with van der Waals surface area (Å²) in [5.41, 5.74) is 0. The number of amides is 1. The molecule has 3 aromatic rings. The van der Waals surface area contributed by atoms with Gasteiger partial charge in [-0.15, -0.1) is 11.3 Å². The van der Waals surface area contributed by atoms with Gasteiger partial charge in [-0.2, -0.15) is 4.98 Å². The lowest BCUT2D eigenvalue weighted by atomic mass is 10.2. The molecule has 6 nitrogen and oxygen atoms in total. The lowest BCUT2D eigenvalue weighted by molar-refractivity contribution is -0.139. The number of rotatable bonds is 8. The van der Waals surface area contributed by atoms with Gasteiger partial charge in [-0.05, 0) is 49.1 Å². The Balaban J connectivity index is 1.67. The van der Waals surface area contributed by atoms with Crippen molar-refractivity contribution < 1.29 is 18.4 Å². The molecule has 2 aromatic heterocycles. The number of hydrogen-bond acceptors (Lipinski definition) is 6. The highest BCUT2D eigenvalue weighted by Crippen LogP contribution is 2.22. The fourth-order valence-electron chi connectivity index (χ4n) is 2.52. The lowest BCUT2D eigenvalue weighted by Crippen LogP contribution is -2.41. The maximum absolute atomic E-state index is 13.0. The molecule has 0 saturated carbocycles. The average molecular weight is 389 g/mol. The van der Waals surface area contributed by atoms with Crippen molar-refractivity contribution in [3.8, 4) is 16.5 Å². The SMILES string of the molecule is CCC(Oc1ccc(F)cc1)C(=O)N(CC)Cc1nc(-c2cccs2)no1. The predicted molar refractivity (Wildman–Crippen MR) is 99.8 cm³/mol. The Labute approximate surface area is 160 Å². The van der Waals surface area contributed by atoms with E-state index in [9.17, 15) is 9.18 Å². The largest absolute Gasteiger partial charge is 0.481 e. The third-order valence-corrected chi connectivity index (χ3v) is 4.83. The van der Waals surface area contributed by atoms with Gasteiger partial charge in [-0.25, -0.2) is 4.39 Å². The molecule has 142 valence electrons. The summed E-state index contributed by atoms with van der Waals surface area (Å²) in [5.74, 6) is 0.795. The first kappa shape index (κ1) is 19.0. The molecule has 0 spiro atoms. The van der Waals surface area contributed by atoms with E-state index in [2.05, 4.69) is 10.1 Å². The van der Waals surface area contributed by atoms with Crippen molar-refractivity contribution in [2.45, 2.75) is 32.9 Å². The van der Waals surface area contributed by atoms with Crippen LogP contribution in [0.3, 0.4) is 0 Å². The monoisotopic (exact) mass is 389 g/mol. The van der Waals surface area contributed by atoms with Gasteiger partial charge in [-0.3, -0.25) is 4.79 Å². The van der Waals surface area contributed by atoms with Crippen molar-refractivity contribution in [3.63, 3.8) is 0 Å². The average Bonchev–Trinajstić information content (AvgIpc) is 3.36. The van der Waals surface area contributed by atoms with Gasteiger partial charge < -0.3 is 14.2 Å². The normalized spacial score (nSPS) is 12.0. The van der Waals surface area contributed by atoms with Crippen LogP contribution in [0, 0.1) is 5.82 Å². The molecule has 2 heterocycles. The number of carbonyl (C=O) groups is 1. The summed E-state index contributed by atoms with van der Waals surface area (Å²) in [6, 6.07) is 9.44. The highest BCUT2D eigenvalue weighted by atomic mass is 32.1. The summed E-state index contributed by atoms with van der Waals surface area (Å²) < 4.78 is 24.1. The van der Waals surface area contributed by atoms with Crippen LogP contribution in [-0.2, 0) is 11.3 Å². The molecule has 1 amide bonds. The molecule has 1 unspecified atom stereocenters. The zero-order chi connectivity index (χ0) is 19.2. The van der Waals surface area contributed by atoms with Crippen LogP contribution < -0.4 is 4.74 Å². The summed E-state index contributed by atoms with van der Waals surface area (Å²) in [7, 11) is 0. The topological polar surface area (TPSA) is 68.5 Å². The van der Waals surface area contributed by atoms with E-state index in [4.69, 9.17) is 9.26 Å². The van der Waals surface area contributed by atoms with Gasteiger partial charge in [0.2, 0.25) is 11.7 Å². The van der Waals surface area contributed by atoms with Crippen LogP contribution in [0.25, 0.3) is 10.7 Å². The molecule has 0 bridgehead atoms. The Morgan fingerprint density at radius 1 is 1.30 bits per heavy atom. The molecule has 1 atom stereocenters. The smallest absolute Gasteiger partial charge is 0.264 e. The number of ether oxygens (including phenoxy) is 1. The second-order valence-electron chi connectivity index (χ2n) is 5.81. The van der Waals surface area contributed by atoms with Gasteiger partial charge in [0.15, 0.2) is 6.10 Å². The summed E-state index contributed by atoms with van der Waals surface area (Å²) in [6.45, 7) is 4.41. The molecule has 0 radical (unpaired) electrons. The van der Waals surface area contributed by atoms with E-state index in [1.807, 2.05) is 31.4 Å². The third kappa shape index (κ3) is 4.71. The van der Waals surface area contributed by atoms with Gasteiger partial charge >= 0.3 is 0 Å². The summed E-state index contributed by atoms with van der Waals surface area (Å²) in [4.78, 5) is 19.7. The molecule has 3 rings (SSSR count). The third-order valence-electron chi connectivity index (χ3n) is 3.97. The van der Waals surface area contributed by atoms with Crippen molar-refractivity contribution in [1.82, 2.24) is 15.0 Å². The van der Waals surface area contributed by atoms with Gasteiger partial charge in [0.25, 0.3) is 5.91 Å². The molecule has 1 aromatic carbocycles. The number of thiophene rings is 1. The molecule has 0 fully saturated rings. The number of likely N-dealkylation sites (N-methyl/N-ethyl adjacent to an activating group) is 1. The van der Waals surface area contributed by atoms with E-state index in [0.717, 1.165) is 4.88 Å². The maximum atomic E-state index is 13.0. The van der Waals surface area contributed by atoms with E-state index in [-0.39, 0.29) is 18.3 Å².